The van der Waals surface area contributed by atoms with Gasteiger partial charge in [-0.15, -0.1) is 0 Å². The van der Waals surface area contributed by atoms with Gasteiger partial charge in [-0.05, 0) is 58.1 Å². The minimum atomic E-state index is -4.56. The summed E-state index contributed by atoms with van der Waals surface area (Å²) in [6.45, 7) is 4.00. The molecule has 0 saturated carbocycles. The van der Waals surface area contributed by atoms with Gasteiger partial charge in [-0.2, -0.15) is 13.2 Å². The summed E-state index contributed by atoms with van der Waals surface area (Å²) in [5, 5.41) is 3.20. The van der Waals surface area contributed by atoms with Crippen molar-refractivity contribution >= 4 is 61.3 Å². The van der Waals surface area contributed by atoms with Crippen LogP contribution in [0.5, 0.6) is 0 Å². The monoisotopic (exact) mass is 589 g/mol. The number of amides is 2. The maximum absolute atomic E-state index is 13.7. The first-order chi connectivity index (χ1) is 17.8. The molecule has 1 fully saturated rings. The molecular formula is C25H23BrF3N7O2. The van der Waals surface area contributed by atoms with Crippen molar-refractivity contribution in [3.05, 3.63) is 52.9 Å². The van der Waals surface area contributed by atoms with E-state index in [9.17, 15) is 22.8 Å². The van der Waals surface area contributed by atoms with Crippen LogP contribution in [0.4, 0.5) is 24.8 Å². The molecule has 1 atom stereocenters. The van der Waals surface area contributed by atoms with Crippen molar-refractivity contribution in [3.8, 4) is 0 Å². The highest BCUT2D eigenvalue weighted by molar-refractivity contribution is 9.10. The van der Waals surface area contributed by atoms with Gasteiger partial charge in [-0.1, -0.05) is 19.9 Å². The quantitative estimate of drug-likeness (QED) is 0.335. The van der Waals surface area contributed by atoms with Crippen molar-refractivity contribution < 1.29 is 22.8 Å². The number of fused-ring (bicyclic) bond motifs is 3. The second-order valence-electron chi connectivity index (χ2n) is 10.0. The summed E-state index contributed by atoms with van der Waals surface area (Å²) in [6, 6.07) is 7.57. The molecule has 1 saturated heterocycles. The highest BCUT2D eigenvalue weighted by Crippen LogP contribution is 2.38. The Morgan fingerprint density at radius 2 is 1.97 bits per heavy atom. The first-order valence-electron chi connectivity index (χ1n) is 11.7. The predicted molar refractivity (Wildman–Crippen MR) is 139 cm³/mol. The lowest BCUT2D eigenvalue weighted by molar-refractivity contribution is -0.137. The molecule has 1 aromatic carbocycles. The molecule has 3 aromatic heterocycles. The normalized spacial score (nSPS) is 17.3. The Hall–Kier alpha value is -3.74. The van der Waals surface area contributed by atoms with Gasteiger partial charge in [0.25, 0.3) is 0 Å². The third-order valence-electron chi connectivity index (χ3n) is 6.60. The largest absolute Gasteiger partial charge is 0.416 e. The molecule has 198 valence electrons. The van der Waals surface area contributed by atoms with E-state index in [1.165, 1.54) is 21.9 Å². The van der Waals surface area contributed by atoms with E-state index >= 15 is 0 Å². The molecule has 13 heteroatoms. The maximum atomic E-state index is 13.7. The number of hydrogen-bond donors (Lipinski definition) is 2. The van der Waals surface area contributed by atoms with Gasteiger partial charge < -0.3 is 20.5 Å². The Morgan fingerprint density at radius 3 is 2.68 bits per heavy atom. The Bertz CT molecular complexity index is 1580. The van der Waals surface area contributed by atoms with Gasteiger partial charge >= 0.3 is 6.18 Å². The lowest BCUT2D eigenvalue weighted by Crippen LogP contribution is -2.44. The fraction of sp³-hybridized carbons (Fsp3) is 0.320. The number of alkyl halides is 3. The smallest absolute Gasteiger partial charge is 0.383 e. The molecule has 0 aliphatic carbocycles. The van der Waals surface area contributed by atoms with E-state index in [1.807, 2.05) is 13.8 Å². The van der Waals surface area contributed by atoms with Gasteiger partial charge in [0.15, 0.2) is 0 Å². The second kappa shape index (κ2) is 9.22. The first kappa shape index (κ1) is 25.9. The third kappa shape index (κ3) is 4.77. The van der Waals surface area contributed by atoms with Crippen molar-refractivity contribution in [2.45, 2.75) is 39.0 Å². The second-order valence-corrected chi connectivity index (χ2v) is 10.8. The van der Waals surface area contributed by atoms with Crippen LogP contribution in [0.1, 0.15) is 25.8 Å². The fourth-order valence-electron chi connectivity index (χ4n) is 4.95. The minimum absolute atomic E-state index is 0.00612. The average Bonchev–Trinajstić information content (AvgIpc) is 3.33. The number of benzene rings is 1. The van der Waals surface area contributed by atoms with Gasteiger partial charge in [0, 0.05) is 11.9 Å². The third-order valence-corrected chi connectivity index (χ3v) is 7.04. The number of anilines is 2. The molecule has 0 radical (unpaired) electrons. The number of carbonyl (C=O) groups is 2. The summed E-state index contributed by atoms with van der Waals surface area (Å²) >= 11 is 3.27. The summed E-state index contributed by atoms with van der Waals surface area (Å²) in [6.07, 6.45) is -2.94. The summed E-state index contributed by atoms with van der Waals surface area (Å²) in [5.41, 5.74) is 5.43. The number of likely N-dealkylation sites (tertiary alicyclic amines) is 1. The van der Waals surface area contributed by atoms with Gasteiger partial charge in [-0.3, -0.25) is 9.59 Å². The molecule has 3 N–H and O–H groups in total. The van der Waals surface area contributed by atoms with Crippen LogP contribution in [0.25, 0.3) is 21.9 Å². The molecule has 4 aromatic rings. The summed E-state index contributed by atoms with van der Waals surface area (Å²) in [5.74, 6) is -0.407. The molecule has 5 rings (SSSR count). The van der Waals surface area contributed by atoms with E-state index in [0.29, 0.717) is 28.9 Å². The van der Waals surface area contributed by atoms with Crippen molar-refractivity contribution in [2.24, 2.45) is 5.41 Å². The number of nitrogens with one attached hydrogen (secondary N) is 1. The fourth-order valence-corrected chi connectivity index (χ4v) is 5.30. The number of aromatic nitrogens is 4. The zero-order chi connectivity index (χ0) is 27.4. The number of nitrogens with zero attached hydrogens (tertiary/aromatic N) is 5. The number of nitrogens with two attached hydrogens (primary N) is 1. The molecule has 1 aliphatic heterocycles. The molecule has 4 heterocycles. The lowest BCUT2D eigenvalue weighted by atomic mass is 9.90. The van der Waals surface area contributed by atoms with Crippen LogP contribution in [-0.4, -0.2) is 48.8 Å². The van der Waals surface area contributed by atoms with Gasteiger partial charge in [-0.25, -0.2) is 15.0 Å². The van der Waals surface area contributed by atoms with Crippen LogP contribution in [0.2, 0.25) is 0 Å². The highest BCUT2D eigenvalue weighted by atomic mass is 79.9. The van der Waals surface area contributed by atoms with Crippen molar-refractivity contribution in [2.75, 3.05) is 17.6 Å². The average molecular weight is 590 g/mol. The topological polar surface area (TPSA) is 119 Å². The first-order valence-corrected chi connectivity index (χ1v) is 12.5. The number of rotatable bonds is 4. The molecule has 2 amide bonds. The molecular weight excluding hydrogens is 567 g/mol. The Balaban J connectivity index is 1.50. The van der Waals surface area contributed by atoms with E-state index in [-0.39, 0.29) is 46.0 Å². The van der Waals surface area contributed by atoms with E-state index in [2.05, 4.69) is 36.2 Å². The van der Waals surface area contributed by atoms with Crippen LogP contribution in [0.3, 0.4) is 0 Å². The number of nitrogen functional groups attached to an aromatic ring is 1. The number of pyridine rings is 1. The Morgan fingerprint density at radius 1 is 1.21 bits per heavy atom. The van der Waals surface area contributed by atoms with E-state index in [0.717, 1.165) is 12.1 Å². The molecule has 9 nitrogen and oxygen atoms in total. The zero-order valence-corrected chi connectivity index (χ0v) is 22.0. The molecule has 1 aliphatic rings. The standard InChI is InChI=1S/C25H23BrF3N7O2/c1-24(2)9-16(23(38)34-18-5-3-4-17(26)33-18)36(11-24)19(37)10-35-15-7-6-13(25(27,28)29)8-14(15)20-21(30)31-12-32-22(20)35/h3-8,12,16H,9-11H2,1-2H3,(H2,30,31,32)(H,33,34,38). The van der Waals surface area contributed by atoms with Crippen molar-refractivity contribution in [1.29, 1.82) is 0 Å². The highest BCUT2D eigenvalue weighted by Gasteiger charge is 2.44. The van der Waals surface area contributed by atoms with Crippen molar-refractivity contribution in [3.63, 3.8) is 0 Å². The molecule has 0 bridgehead atoms. The summed E-state index contributed by atoms with van der Waals surface area (Å²) < 4.78 is 42.4. The van der Waals surface area contributed by atoms with Crippen LogP contribution < -0.4 is 11.1 Å². The van der Waals surface area contributed by atoms with Crippen LogP contribution >= 0.6 is 15.9 Å². The zero-order valence-electron chi connectivity index (χ0n) is 20.4. The summed E-state index contributed by atoms with van der Waals surface area (Å²) in [4.78, 5) is 40.8. The molecule has 1 unspecified atom stereocenters. The Labute approximate surface area is 223 Å². The van der Waals surface area contributed by atoms with Crippen molar-refractivity contribution in [1.82, 2.24) is 24.4 Å². The van der Waals surface area contributed by atoms with E-state index in [4.69, 9.17) is 5.73 Å². The number of carbonyl (C=O) groups excluding carboxylic acids is 2. The maximum Gasteiger partial charge on any atom is 0.416 e. The molecule has 38 heavy (non-hydrogen) atoms. The lowest BCUT2D eigenvalue weighted by Gasteiger charge is -2.24. The summed E-state index contributed by atoms with van der Waals surface area (Å²) in [7, 11) is 0. The minimum Gasteiger partial charge on any atom is -0.383 e. The predicted octanol–water partition coefficient (Wildman–Crippen LogP) is 4.61. The van der Waals surface area contributed by atoms with E-state index in [1.54, 1.807) is 18.2 Å². The van der Waals surface area contributed by atoms with Crippen LogP contribution in [-0.2, 0) is 22.3 Å². The van der Waals surface area contributed by atoms with Crippen LogP contribution in [0, 0.1) is 5.41 Å². The SMILES string of the molecule is CC1(C)CC(C(=O)Nc2cccc(Br)n2)N(C(=O)Cn2c3ccc(C(F)(F)F)cc3c3c(N)ncnc32)C1. The van der Waals surface area contributed by atoms with Gasteiger partial charge in [0.2, 0.25) is 11.8 Å². The van der Waals surface area contributed by atoms with Gasteiger partial charge in [0.1, 0.15) is 40.8 Å². The number of hydrogen-bond acceptors (Lipinski definition) is 6. The van der Waals surface area contributed by atoms with Gasteiger partial charge in [0.05, 0.1) is 16.5 Å². The molecule has 0 spiro atoms. The van der Waals surface area contributed by atoms with E-state index < -0.39 is 17.8 Å². The van der Waals surface area contributed by atoms with Crippen LogP contribution in [0.15, 0.2) is 47.3 Å². The Kier molecular flexibility index (Phi) is 6.28. The number of halogens is 4.